The van der Waals surface area contributed by atoms with Crippen LogP contribution < -0.4 is 0 Å². The van der Waals surface area contributed by atoms with Gasteiger partial charge in [-0.1, -0.05) is 279 Å². The molecule has 0 unspecified atom stereocenters. The van der Waals surface area contributed by atoms with Gasteiger partial charge in [-0.2, -0.15) is 0 Å². The highest BCUT2D eigenvalue weighted by molar-refractivity contribution is 6.18. The molecule has 496 valence electrons. The SMILES string of the molecule is c1ccc(-c2ccc(-c3nc(-c4ccccc4)nc(-c4cccc(-c5cccc(-c6c7ncccc7nc7oc8ccccc8c67)c5)c4)n3)cc2)cc1.c1ccc(-c2ccc(-c3nc(-c4ccccc4)nc(-c4cccc(-c5cccc(-c6ccc7oc8nc9ccccc9nc8c7c6)c5)c4)n3)cc2)cc1. The first-order valence-electron chi connectivity index (χ1n) is 35.0. The Balaban J connectivity index is 0.000000145. The second-order valence-corrected chi connectivity index (χ2v) is 25.9. The monoisotopic (exact) mass is 1360 g/mol. The van der Waals surface area contributed by atoms with E-state index in [2.05, 4.69) is 212 Å². The molecule has 0 radical (unpaired) electrons. The molecule has 13 aromatic carbocycles. The van der Waals surface area contributed by atoms with Crippen LogP contribution in [-0.2, 0) is 0 Å². The van der Waals surface area contributed by atoms with E-state index in [4.69, 9.17) is 58.7 Å². The van der Waals surface area contributed by atoms with E-state index in [1.807, 2.05) is 140 Å². The molecule has 106 heavy (non-hydrogen) atoms. The number of hydrogen-bond donors (Lipinski definition) is 0. The lowest BCUT2D eigenvalue weighted by atomic mass is 9.95. The number of rotatable bonds is 12. The molecule has 7 aromatic heterocycles. The molecule has 0 saturated heterocycles. The first-order chi connectivity index (χ1) is 52.5. The maximum Gasteiger partial charge on any atom is 0.246 e. The summed E-state index contributed by atoms with van der Waals surface area (Å²) in [7, 11) is 0. The van der Waals surface area contributed by atoms with Gasteiger partial charge in [-0.15, -0.1) is 0 Å². The molecule has 20 aromatic rings. The number of furan rings is 2. The van der Waals surface area contributed by atoms with Gasteiger partial charge in [0.1, 0.15) is 16.7 Å². The van der Waals surface area contributed by atoms with Gasteiger partial charge in [-0.05, 0) is 128 Å². The van der Waals surface area contributed by atoms with Crippen molar-refractivity contribution in [3.63, 3.8) is 0 Å². The zero-order valence-corrected chi connectivity index (χ0v) is 56.8. The summed E-state index contributed by atoms with van der Waals surface area (Å²) in [5.41, 5.74) is 25.3. The van der Waals surface area contributed by atoms with E-state index in [1.165, 1.54) is 5.56 Å². The van der Waals surface area contributed by atoms with Crippen LogP contribution in [0.15, 0.2) is 361 Å². The van der Waals surface area contributed by atoms with E-state index in [0.717, 1.165) is 149 Å². The van der Waals surface area contributed by atoms with Crippen LogP contribution in [0.5, 0.6) is 0 Å². The van der Waals surface area contributed by atoms with Gasteiger partial charge in [-0.25, -0.2) is 44.9 Å². The second kappa shape index (κ2) is 27.0. The van der Waals surface area contributed by atoms with Crippen molar-refractivity contribution in [3.8, 4) is 135 Å². The van der Waals surface area contributed by atoms with E-state index in [9.17, 15) is 0 Å². The average Bonchev–Trinajstić information content (AvgIpc) is 1.52. The molecule has 12 heteroatoms. The number of para-hydroxylation sites is 3. The molecule has 0 aliphatic carbocycles. The van der Waals surface area contributed by atoms with Crippen LogP contribution in [0.1, 0.15) is 0 Å². The predicted octanol–water partition coefficient (Wildman–Crippen LogP) is 23.4. The van der Waals surface area contributed by atoms with Gasteiger partial charge in [0.15, 0.2) is 34.9 Å². The fourth-order valence-corrected chi connectivity index (χ4v) is 13.9. The Bertz CT molecular complexity index is 6690. The van der Waals surface area contributed by atoms with Gasteiger partial charge in [0.05, 0.1) is 27.5 Å². The van der Waals surface area contributed by atoms with Crippen molar-refractivity contribution >= 4 is 66.3 Å². The van der Waals surface area contributed by atoms with Crippen LogP contribution in [0.4, 0.5) is 0 Å². The number of aromatic nitrogens is 10. The van der Waals surface area contributed by atoms with Crippen molar-refractivity contribution < 1.29 is 8.83 Å². The Morgan fingerprint density at radius 3 is 1.04 bits per heavy atom. The molecule has 0 aliphatic rings. The van der Waals surface area contributed by atoms with Crippen molar-refractivity contribution in [2.45, 2.75) is 0 Å². The Kier molecular flexibility index (Phi) is 15.9. The minimum atomic E-state index is 0.544. The van der Waals surface area contributed by atoms with Gasteiger partial charge in [0.25, 0.3) is 0 Å². The van der Waals surface area contributed by atoms with Gasteiger partial charge in [-0.3, -0.25) is 4.98 Å². The normalized spacial score (nSPS) is 11.4. The lowest BCUT2D eigenvalue weighted by molar-refractivity contribution is 0.655. The van der Waals surface area contributed by atoms with E-state index in [-0.39, 0.29) is 0 Å². The summed E-state index contributed by atoms with van der Waals surface area (Å²) in [6, 6.07) is 118. The van der Waals surface area contributed by atoms with Crippen molar-refractivity contribution in [1.29, 1.82) is 0 Å². The Labute approximate surface area is 608 Å². The largest absolute Gasteiger partial charge is 0.438 e. The average molecular weight is 1360 g/mol. The maximum atomic E-state index is 6.25. The van der Waals surface area contributed by atoms with Crippen LogP contribution in [0.2, 0.25) is 0 Å². The quantitative estimate of drug-likeness (QED) is 0.114. The number of nitrogens with zero attached hydrogens (tertiary/aromatic N) is 10. The molecule has 0 atom stereocenters. The number of benzene rings is 13. The smallest absolute Gasteiger partial charge is 0.246 e. The summed E-state index contributed by atoms with van der Waals surface area (Å²) in [5.74, 6) is 3.72. The van der Waals surface area contributed by atoms with Crippen LogP contribution in [0.25, 0.3) is 201 Å². The first-order valence-corrected chi connectivity index (χ1v) is 35.0. The summed E-state index contributed by atoms with van der Waals surface area (Å²) < 4.78 is 12.4. The zero-order valence-electron chi connectivity index (χ0n) is 56.8. The molecule has 0 saturated carbocycles. The fraction of sp³-hybridized carbons (Fsp3) is 0. The number of fused-ring (bicyclic) bond motifs is 8. The van der Waals surface area contributed by atoms with E-state index < -0.39 is 0 Å². The molecular formula is C94H58N10O2. The van der Waals surface area contributed by atoms with Crippen LogP contribution in [-0.4, -0.2) is 49.8 Å². The standard InChI is InChI=1S/2C47H29N5O/c1-3-12-30(13-4-1)31-23-25-33(26-24-31)45-50-44(32-14-5-2-6-15-32)51-46(52-45)37-19-10-17-35(29-37)34-16-9-18-36(28-34)41-42-38-20-7-8-22-40(38)53-47(42)49-39-21-11-27-48-43(39)41;1-3-11-30(12-4-1)31-21-23-33(24-22-31)45-50-44(32-13-5-2-6-14-32)51-46(52-45)38-18-10-17-36(28-38)34-15-9-16-35(27-34)37-25-26-42-39(29-37)43-47(53-42)49-41-20-8-7-19-40(41)48-43/h2*1-29H. The van der Waals surface area contributed by atoms with Crippen LogP contribution >= 0.6 is 0 Å². The van der Waals surface area contributed by atoms with Gasteiger partial charge < -0.3 is 8.83 Å². The molecule has 0 aliphatic heterocycles. The summed E-state index contributed by atoms with van der Waals surface area (Å²) in [5, 5.41) is 2.91. The Morgan fingerprint density at radius 2 is 0.519 bits per heavy atom. The molecule has 0 fully saturated rings. The summed E-state index contributed by atoms with van der Waals surface area (Å²) in [4.78, 5) is 49.3. The van der Waals surface area contributed by atoms with Gasteiger partial charge in [0.2, 0.25) is 11.4 Å². The molecule has 0 N–H and O–H groups in total. The third-order valence-electron chi connectivity index (χ3n) is 19.1. The summed E-state index contributed by atoms with van der Waals surface area (Å²) >= 11 is 0. The topological polar surface area (TPSA) is 155 Å². The molecule has 0 spiro atoms. The maximum absolute atomic E-state index is 6.25. The summed E-state index contributed by atoms with van der Waals surface area (Å²) in [6.45, 7) is 0. The Hall–Kier alpha value is -14.6. The predicted molar refractivity (Wildman–Crippen MR) is 426 cm³/mol. The minimum absolute atomic E-state index is 0.544. The van der Waals surface area contributed by atoms with Crippen molar-refractivity contribution in [2.75, 3.05) is 0 Å². The molecule has 20 rings (SSSR count). The third kappa shape index (κ3) is 12.2. The van der Waals surface area contributed by atoms with Crippen molar-refractivity contribution in [3.05, 3.63) is 352 Å². The Morgan fingerprint density at radius 1 is 0.189 bits per heavy atom. The molecule has 0 amide bonds. The van der Waals surface area contributed by atoms with Crippen LogP contribution in [0, 0.1) is 0 Å². The molecule has 12 nitrogen and oxygen atoms in total. The van der Waals surface area contributed by atoms with E-state index in [1.54, 1.807) is 0 Å². The second-order valence-electron chi connectivity index (χ2n) is 25.9. The summed E-state index contributed by atoms with van der Waals surface area (Å²) in [6.07, 6.45) is 1.82. The van der Waals surface area contributed by atoms with Gasteiger partial charge in [0, 0.05) is 55.9 Å². The van der Waals surface area contributed by atoms with Gasteiger partial charge >= 0.3 is 0 Å². The van der Waals surface area contributed by atoms with Crippen molar-refractivity contribution in [1.82, 2.24) is 49.8 Å². The molecule has 7 heterocycles. The lowest BCUT2D eigenvalue weighted by Gasteiger charge is -2.12. The van der Waals surface area contributed by atoms with E-state index in [0.29, 0.717) is 46.4 Å². The molecule has 0 bridgehead atoms. The fourth-order valence-electron chi connectivity index (χ4n) is 13.9. The lowest BCUT2D eigenvalue weighted by Crippen LogP contribution is -2.00. The highest BCUT2D eigenvalue weighted by Crippen LogP contribution is 2.42. The third-order valence-corrected chi connectivity index (χ3v) is 19.1. The number of pyridine rings is 2. The zero-order chi connectivity index (χ0) is 70.3. The van der Waals surface area contributed by atoms with Crippen molar-refractivity contribution in [2.24, 2.45) is 0 Å². The number of hydrogen-bond acceptors (Lipinski definition) is 12. The highest BCUT2D eigenvalue weighted by Gasteiger charge is 2.22. The highest BCUT2D eigenvalue weighted by atomic mass is 16.3. The van der Waals surface area contributed by atoms with E-state index >= 15 is 0 Å². The van der Waals surface area contributed by atoms with Crippen LogP contribution in [0.3, 0.4) is 0 Å². The molecular weight excluding hydrogens is 1300 g/mol. The first kappa shape index (κ1) is 62.4. The minimum Gasteiger partial charge on any atom is -0.438 e.